The lowest BCUT2D eigenvalue weighted by Gasteiger charge is -2.19. The second-order valence-electron chi connectivity index (χ2n) is 20.6. The molecule has 0 N–H and O–H groups in total. The summed E-state index contributed by atoms with van der Waals surface area (Å²) in [7, 11) is 0. The van der Waals surface area contributed by atoms with Gasteiger partial charge in [0.1, 0.15) is 0 Å². The van der Waals surface area contributed by atoms with Gasteiger partial charge < -0.3 is 9.13 Å². The van der Waals surface area contributed by atoms with Crippen LogP contribution in [0.15, 0.2) is 109 Å². The molecule has 0 bridgehead atoms. The van der Waals surface area contributed by atoms with Gasteiger partial charge in [-0.3, -0.25) is 0 Å². The van der Waals surface area contributed by atoms with E-state index in [-0.39, 0.29) is 21.7 Å². The average molecular weight is 737 g/mol. The molecule has 0 saturated carbocycles. The molecule has 0 spiro atoms. The minimum Gasteiger partial charge on any atom is -0.309 e. The van der Waals surface area contributed by atoms with Gasteiger partial charge in [0.15, 0.2) is 0 Å². The van der Waals surface area contributed by atoms with Gasteiger partial charge in [-0.1, -0.05) is 119 Å². The number of fused-ring (bicyclic) bond motifs is 6. The summed E-state index contributed by atoms with van der Waals surface area (Å²) in [6.07, 6.45) is 0. The van der Waals surface area contributed by atoms with Crippen molar-refractivity contribution in [2.75, 3.05) is 0 Å². The van der Waals surface area contributed by atoms with Crippen LogP contribution in [0, 0.1) is 13.8 Å². The average Bonchev–Trinajstić information content (AvgIpc) is 3.62. The summed E-state index contributed by atoms with van der Waals surface area (Å²) in [5.41, 5.74) is 18.1. The van der Waals surface area contributed by atoms with Crippen molar-refractivity contribution in [1.29, 1.82) is 0 Å². The van der Waals surface area contributed by atoms with Crippen LogP contribution in [-0.4, -0.2) is 9.13 Å². The molecule has 2 heteroatoms. The Morgan fingerprint density at radius 2 is 0.554 bits per heavy atom. The molecule has 56 heavy (non-hydrogen) atoms. The van der Waals surface area contributed by atoms with Crippen molar-refractivity contribution in [1.82, 2.24) is 9.13 Å². The highest BCUT2D eigenvalue weighted by Gasteiger charge is 2.24. The maximum absolute atomic E-state index is 2.48. The van der Waals surface area contributed by atoms with Crippen LogP contribution in [-0.2, 0) is 21.7 Å². The van der Waals surface area contributed by atoms with Gasteiger partial charge in [-0.15, -0.1) is 0 Å². The normalized spacial score (nSPS) is 13.2. The highest BCUT2D eigenvalue weighted by atomic mass is 15.0. The third kappa shape index (κ3) is 6.36. The molecule has 0 atom stereocenters. The zero-order valence-electron chi connectivity index (χ0n) is 36.3. The summed E-state index contributed by atoms with van der Waals surface area (Å²) in [5.74, 6) is 0. The van der Waals surface area contributed by atoms with Crippen LogP contribution in [0.3, 0.4) is 0 Å². The highest BCUT2D eigenvalue weighted by Crippen LogP contribution is 2.41. The molecule has 8 aromatic rings. The van der Waals surface area contributed by atoms with Gasteiger partial charge in [0.05, 0.1) is 22.1 Å². The van der Waals surface area contributed by atoms with Gasteiger partial charge in [0.25, 0.3) is 0 Å². The van der Waals surface area contributed by atoms with E-state index in [1.165, 1.54) is 99.5 Å². The van der Waals surface area contributed by atoms with Crippen molar-refractivity contribution in [3.63, 3.8) is 0 Å². The summed E-state index contributed by atoms with van der Waals surface area (Å²) in [5, 5.41) is 5.26. The number of benzene rings is 6. The van der Waals surface area contributed by atoms with E-state index in [4.69, 9.17) is 0 Å². The second kappa shape index (κ2) is 12.7. The van der Waals surface area contributed by atoms with Crippen molar-refractivity contribution in [2.24, 2.45) is 0 Å². The zero-order valence-corrected chi connectivity index (χ0v) is 36.3. The molecule has 6 aromatic carbocycles. The Balaban J connectivity index is 1.34. The lowest BCUT2D eigenvalue weighted by Crippen LogP contribution is -2.10. The first kappa shape index (κ1) is 37.8. The SMILES string of the molecule is Cc1ccc(-n2c3ccc(C(C)(C)C)cc3c3cc(C(C)(C)C)ccc32)cc1-c1cc(-n2c3ccc(C(C)(C)C)cc3c3cc(C(C)(C)C)ccc32)ccc1C. The van der Waals surface area contributed by atoms with E-state index in [2.05, 4.69) is 215 Å². The Labute approximate surface area is 335 Å². The first-order valence-electron chi connectivity index (χ1n) is 20.5. The fourth-order valence-electron chi connectivity index (χ4n) is 8.55. The number of rotatable bonds is 3. The molecule has 0 amide bonds. The van der Waals surface area contributed by atoms with E-state index in [9.17, 15) is 0 Å². The molecule has 0 saturated heterocycles. The van der Waals surface area contributed by atoms with E-state index in [1.807, 2.05) is 0 Å². The number of aromatic nitrogens is 2. The third-order valence-electron chi connectivity index (χ3n) is 12.2. The molecule has 0 unspecified atom stereocenters. The molecule has 0 fully saturated rings. The summed E-state index contributed by atoms with van der Waals surface area (Å²) in [4.78, 5) is 0. The smallest absolute Gasteiger partial charge is 0.0541 e. The molecule has 0 aliphatic rings. The predicted molar refractivity (Wildman–Crippen MR) is 245 cm³/mol. The fraction of sp³-hybridized carbons (Fsp3) is 0.333. The van der Waals surface area contributed by atoms with E-state index in [0.717, 1.165) is 0 Å². The monoisotopic (exact) mass is 736 g/mol. The quantitative estimate of drug-likeness (QED) is 0.171. The van der Waals surface area contributed by atoms with E-state index in [0.29, 0.717) is 0 Å². The van der Waals surface area contributed by atoms with E-state index in [1.54, 1.807) is 0 Å². The van der Waals surface area contributed by atoms with Crippen molar-refractivity contribution in [2.45, 2.75) is 119 Å². The maximum atomic E-state index is 2.48. The van der Waals surface area contributed by atoms with Crippen LogP contribution in [0.4, 0.5) is 0 Å². The minimum atomic E-state index is 0.0595. The van der Waals surface area contributed by atoms with Gasteiger partial charge in [0, 0.05) is 32.9 Å². The highest BCUT2D eigenvalue weighted by molar-refractivity contribution is 6.11. The summed E-state index contributed by atoms with van der Waals surface area (Å²) in [6, 6.07) is 42.5. The number of aryl methyl sites for hydroxylation is 2. The van der Waals surface area contributed by atoms with Crippen LogP contribution in [0.5, 0.6) is 0 Å². The molecular formula is C54H60N2. The molecule has 8 rings (SSSR count). The van der Waals surface area contributed by atoms with Gasteiger partial charge >= 0.3 is 0 Å². The van der Waals surface area contributed by atoms with Crippen molar-refractivity contribution < 1.29 is 0 Å². The largest absolute Gasteiger partial charge is 0.309 e. The summed E-state index contributed by atoms with van der Waals surface area (Å²) in [6.45, 7) is 32.2. The molecule has 286 valence electrons. The summed E-state index contributed by atoms with van der Waals surface area (Å²) < 4.78 is 4.97. The Kier molecular flexibility index (Phi) is 8.59. The third-order valence-corrected chi connectivity index (χ3v) is 12.2. The molecule has 0 aliphatic heterocycles. The van der Waals surface area contributed by atoms with Gasteiger partial charge in [-0.25, -0.2) is 0 Å². The van der Waals surface area contributed by atoms with Crippen LogP contribution < -0.4 is 0 Å². The first-order chi connectivity index (χ1) is 26.1. The Morgan fingerprint density at radius 1 is 0.304 bits per heavy atom. The lowest BCUT2D eigenvalue weighted by molar-refractivity contribution is 0.590. The minimum absolute atomic E-state index is 0.0595. The number of hydrogen-bond donors (Lipinski definition) is 0. The Bertz CT molecular complexity index is 2500. The first-order valence-corrected chi connectivity index (χ1v) is 20.5. The van der Waals surface area contributed by atoms with Crippen LogP contribution in [0.25, 0.3) is 66.1 Å². The molecule has 2 nitrogen and oxygen atoms in total. The van der Waals surface area contributed by atoms with Gasteiger partial charge in [-0.2, -0.15) is 0 Å². The molecular weight excluding hydrogens is 677 g/mol. The summed E-state index contributed by atoms with van der Waals surface area (Å²) >= 11 is 0. The second-order valence-corrected chi connectivity index (χ2v) is 20.6. The Hall–Kier alpha value is -5.08. The molecule has 2 heterocycles. The zero-order chi connectivity index (χ0) is 40.3. The molecule has 0 radical (unpaired) electrons. The van der Waals surface area contributed by atoms with Crippen LogP contribution in [0.2, 0.25) is 0 Å². The molecule has 0 aliphatic carbocycles. The molecule has 2 aromatic heterocycles. The lowest BCUT2D eigenvalue weighted by atomic mass is 9.85. The van der Waals surface area contributed by atoms with E-state index >= 15 is 0 Å². The predicted octanol–water partition coefficient (Wildman–Crippen LogP) is 15.4. The number of hydrogen-bond acceptors (Lipinski definition) is 0. The maximum Gasteiger partial charge on any atom is 0.0541 e. The van der Waals surface area contributed by atoms with Crippen LogP contribution in [0.1, 0.15) is 116 Å². The van der Waals surface area contributed by atoms with Crippen molar-refractivity contribution in [3.8, 4) is 22.5 Å². The topological polar surface area (TPSA) is 9.86 Å². The van der Waals surface area contributed by atoms with Crippen molar-refractivity contribution in [3.05, 3.63) is 143 Å². The van der Waals surface area contributed by atoms with Crippen LogP contribution >= 0.6 is 0 Å². The van der Waals surface area contributed by atoms with Crippen molar-refractivity contribution >= 4 is 43.6 Å². The van der Waals surface area contributed by atoms with Gasteiger partial charge in [0.2, 0.25) is 0 Å². The Morgan fingerprint density at radius 3 is 0.786 bits per heavy atom. The van der Waals surface area contributed by atoms with E-state index < -0.39 is 0 Å². The number of nitrogens with zero attached hydrogens (tertiary/aromatic N) is 2. The van der Waals surface area contributed by atoms with Gasteiger partial charge in [-0.05, 0) is 153 Å². The fourth-order valence-corrected chi connectivity index (χ4v) is 8.55. The standard InChI is InChI=1S/C54H60N2/c1-33-15-21-39(55-47-23-17-35(51(3,4)5)27-43(47)44-28-36(52(6,7)8)18-24-48(44)55)31-41(33)42-32-40(22-16-34(42)2)56-49-25-19-37(53(9,10)11)29-45(49)46-30-38(54(12,13)14)20-26-50(46)56/h15-32H,1-14H3.